The predicted octanol–water partition coefficient (Wildman–Crippen LogP) is -0.606. The van der Waals surface area contributed by atoms with Crippen LogP contribution in [-0.4, -0.2) is 67.7 Å². The topological polar surface area (TPSA) is 105 Å². The standard InChI is InChI=1S/C10H18N4O5S/c1-8-6-19-7-9(8)5-12-3-4-13(20(2,17)18)10(12)11-14(15)16/h8-9H,3-7H2,1-2H3. The molecule has 20 heavy (non-hydrogen) atoms. The Labute approximate surface area is 117 Å². The Bertz CT molecular complexity index is 520. The fourth-order valence-corrected chi connectivity index (χ4v) is 3.33. The van der Waals surface area contributed by atoms with Crippen LogP contribution in [0, 0.1) is 22.0 Å². The smallest absolute Gasteiger partial charge is 0.287 e. The highest BCUT2D eigenvalue weighted by molar-refractivity contribution is 7.88. The van der Waals surface area contributed by atoms with Crippen LogP contribution in [0.25, 0.3) is 0 Å². The van der Waals surface area contributed by atoms with E-state index in [4.69, 9.17) is 4.74 Å². The summed E-state index contributed by atoms with van der Waals surface area (Å²) in [4.78, 5) is 12.3. The van der Waals surface area contributed by atoms with Gasteiger partial charge in [0.1, 0.15) is 5.10 Å². The molecule has 2 aliphatic heterocycles. The van der Waals surface area contributed by atoms with Gasteiger partial charge in [0.2, 0.25) is 10.0 Å². The van der Waals surface area contributed by atoms with E-state index in [0.29, 0.717) is 32.2 Å². The summed E-state index contributed by atoms with van der Waals surface area (Å²) in [6.07, 6.45) is 1.02. The summed E-state index contributed by atoms with van der Waals surface area (Å²) in [6, 6.07) is 0. The third kappa shape index (κ3) is 3.18. The fraction of sp³-hybridized carbons (Fsp3) is 0.900. The molecule has 0 aromatic heterocycles. The minimum absolute atomic E-state index is 0.100. The van der Waals surface area contributed by atoms with Gasteiger partial charge in [-0.25, -0.2) is 22.8 Å². The van der Waals surface area contributed by atoms with Gasteiger partial charge in [0, 0.05) is 25.6 Å². The highest BCUT2D eigenvalue weighted by atomic mass is 32.2. The number of hydrogen-bond donors (Lipinski definition) is 0. The van der Waals surface area contributed by atoms with Crippen molar-refractivity contribution in [3.8, 4) is 0 Å². The van der Waals surface area contributed by atoms with Crippen LogP contribution in [0.3, 0.4) is 0 Å². The quantitative estimate of drug-likeness (QED) is 0.507. The van der Waals surface area contributed by atoms with Crippen molar-refractivity contribution in [1.82, 2.24) is 9.21 Å². The van der Waals surface area contributed by atoms with Gasteiger partial charge in [-0.1, -0.05) is 6.92 Å². The van der Waals surface area contributed by atoms with Crippen LogP contribution in [0.1, 0.15) is 6.92 Å². The average Bonchev–Trinajstić information content (AvgIpc) is 2.86. The Morgan fingerprint density at radius 3 is 2.65 bits per heavy atom. The maximum atomic E-state index is 11.6. The summed E-state index contributed by atoms with van der Waals surface area (Å²) in [7, 11) is -3.55. The highest BCUT2D eigenvalue weighted by Crippen LogP contribution is 2.23. The lowest BCUT2D eigenvalue weighted by atomic mass is 9.98. The van der Waals surface area contributed by atoms with Crippen molar-refractivity contribution in [2.45, 2.75) is 6.92 Å². The first-order chi connectivity index (χ1) is 9.29. The molecule has 2 aliphatic rings. The number of guanidine groups is 1. The van der Waals surface area contributed by atoms with Gasteiger partial charge >= 0.3 is 0 Å². The molecule has 2 atom stereocenters. The first-order valence-electron chi connectivity index (χ1n) is 6.32. The van der Waals surface area contributed by atoms with E-state index < -0.39 is 15.1 Å². The Hall–Kier alpha value is -1.42. The second-order valence-electron chi connectivity index (χ2n) is 5.19. The van der Waals surface area contributed by atoms with Crippen molar-refractivity contribution < 1.29 is 18.2 Å². The normalized spacial score (nSPS) is 29.4. The van der Waals surface area contributed by atoms with E-state index in [-0.39, 0.29) is 18.4 Å². The second-order valence-corrected chi connectivity index (χ2v) is 7.10. The summed E-state index contributed by atoms with van der Waals surface area (Å²) in [5.74, 6) is 0.474. The molecular weight excluding hydrogens is 288 g/mol. The molecule has 2 saturated heterocycles. The largest absolute Gasteiger partial charge is 0.381 e. The molecule has 0 bridgehead atoms. The van der Waals surface area contributed by atoms with Crippen LogP contribution in [0.5, 0.6) is 0 Å². The third-order valence-electron chi connectivity index (χ3n) is 3.62. The summed E-state index contributed by atoms with van der Waals surface area (Å²) in [6.45, 7) is 4.40. The molecule has 0 amide bonds. The molecule has 10 heteroatoms. The van der Waals surface area contributed by atoms with Gasteiger partial charge in [-0.05, 0) is 5.92 Å². The number of nitro groups is 1. The number of hydrazone groups is 1. The van der Waals surface area contributed by atoms with Crippen LogP contribution in [0.4, 0.5) is 0 Å². The van der Waals surface area contributed by atoms with Gasteiger partial charge in [0.25, 0.3) is 5.96 Å². The third-order valence-corrected chi connectivity index (χ3v) is 4.77. The van der Waals surface area contributed by atoms with Crippen LogP contribution < -0.4 is 0 Å². The predicted molar refractivity (Wildman–Crippen MR) is 71.0 cm³/mol. The molecule has 114 valence electrons. The Morgan fingerprint density at radius 2 is 2.15 bits per heavy atom. The van der Waals surface area contributed by atoms with E-state index in [0.717, 1.165) is 10.6 Å². The number of nitrogens with zero attached hydrogens (tertiary/aromatic N) is 4. The van der Waals surface area contributed by atoms with E-state index in [2.05, 4.69) is 5.10 Å². The highest BCUT2D eigenvalue weighted by Gasteiger charge is 2.38. The van der Waals surface area contributed by atoms with E-state index in [1.54, 1.807) is 4.90 Å². The molecule has 0 saturated carbocycles. The van der Waals surface area contributed by atoms with E-state index in [1.807, 2.05) is 6.92 Å². The molecule has 2 rings (SSSR count). The average molecular weight is 306 g/mol. The zero-order valence-corrected chi connectivity index (χ0v) is 12.2. The Kier molecular flexibility index (Phi) is 4.14. The van der Waals surface area contributed by atoms with Crippen LogP contribution in [0.15, 0.2) is 5.10 Å². The van der Waals surface area contributed by atoms with Gasteiger partial charge in [-0.3, -0.25) is 0 Å². The SMILES string of the molecule is CC1COCC1CN1CCN(S(C)(=O)=O)C1=N[N+](=O)[O-]. The zero-order chi connectivity index (χ0) is 14.9. The summed E-state index contributed by atoms with van der Waals surface area (Å²) in [5.41, 5.74) is 0. The minimum atomic E-state index is -3.55. The first kappa shape index (κ1) is 15.0. The molecule has 0 spiro atoms. The van der Waals surface area contributed by atoms with Crippen molar-refractivity contribution in [1.29, 1.82) is 0 Å². The van der Waals surface area contributed by atoms with Crippen LogP contribution >= 0.6 is 0 Å². The van der Waals surface area contributed by atoms with E-state index in [9.17, 15) is 18.5 Å². The van der Waals surface area contributed by atoms with Crippen molar-refractivity contribution in [2.75, 3.05) is 39.1 Å². The van der Waals surface area contributed by atoms with Crippen molar-refractivity contribution >= 4 is 16.0 Å². The molecular formula is C10H18N4O5S. The van der Waals surface area contributed by atoms with Gasteiger partial charge in [-0.15, -0.1) is 0 Å². The van der Waals surface area contributed by atoms with E-state index in [1.165, 1.54) is 0 Å². The fourth-order valence-electron chi connectivity index (χ4n) is 2.46. The van der Waals surface area contributed by atoms with Crippen molar-refractivity contribution in [3.05, 3.63) is 10.1 Å². The number of hydrogen-bond acceptors (Lipinski definition) is 5. The zero-order valence-electron chi connectivity index (χ0n) is 11.4. The number of ether oxygens (including phenoxy) is 1. The molecule has 2 unspecified atom stereocenters. The lowest BCUT2D eigenvalue weighted by molar-refractivity contribution is -0.486. The molecule has 0 radical (unpaired) electrons. The molecule has 0 aliphatic carbocycles. The minimum Gasteiger partial charge on any atom is -0.381 e. The lowest BCUT2D eigenvalue weighted by Crippen LogP contribution is -2.40. The monoisotopic (exact) mass is 306 g/mol. The molecule has 9 nitrogen and oxygen atoms in total. The summed E-state index contributed by atoms with van der Waals surface area (Å²) < 4.78 is 29.6. The van der Waals surface area contributed by atoms with Gasteiger partial charge in [0.15, 0.2) is 5.03 Å². The van der Waals surface area contributed by atoms with Crippen LogP contribution in [-0.2, 0) is 14.8 Å². The number of sulfonamides is 1. The molecule has 0 N–H and O–H groups in total. The molecule has 2 heterocycles. The van der Waals surface area contributed by atoms with Gasteiger partial charge in [0.05, 0.1) is 19.4 Å². The van der Waals surface area contributed by atoms with Crippen molar-refractivity contribution in [2.24, 2.45) is 16.9 Å². The lowest BCUT2D eigenvalue weighted by Gasteiger charge is -2.23. The summed E-state index contributed by atoms with van der Waals surface area (Å²) in [5, 5.41) is 13.0. The second kappa shape index (κ2) is 5.52. The molecule has 2 fully saturated rings. The van der Waals surface area contributed by atoms with Crippen LogP contribution in [0.2, 0.25) is 0 Å². The van der Waals surface area contributed by atoms with Gasteiger partial charge in [-0.2, -0.15) is 0 Å². The molecule has 0 aromatic rings. The summed E-state index contributed by atoms with van der Waals surface area (Å²) >= 11 is 0. The van der Waals surface area contributed by atoms with Gasteiger partial charge < -0.3 is 9.64 Å². The molecule has 0 aromatic carbocycles. The maximum Gasteiger partial charge on any atom is 0.287 e. The van der Waals surface area contributed by atoms with E-state index >= 15 is 0 Å². The van der Waals surface area contributed by atoms with Crippen molar-refractivity contribution in [3.63, 3.8) is 0 Å². The Balaban J connectivity index is 2.18. The maximum absolute atomic E-state index is 11.6. The number of rotatable bonds is 4. The Morgan fingerprint density at radius 1 is 1.45 bits per heavy atom. The first-order valence-corrected chi connectivity index (χ1v) is 8.17.